The Morgan fingerprint density at radius 1 is 0.939 bits per heavy atom. The molecule has 2 atom stereocenters. The molecule has 0 saturated carbocycles. The maximum absolute atomic E-state index is 13.0. The lowest BCUT2D eigenvalue weighted by Gasteiger charge is -2.38. The summed E-state index contributed by atoms with van der Waals surface area (Å²) in [5.41, 5.74) is 2.74. The summed E-state index contributed by atoms with van der Waals surface area (Å²) in [4.78, 5) is 53.0. The molecule has 5 rings (SSSR count). The third-order valence-electron chi connectivity index (χ3n) is 9.02. The van der Waals surface area contributed by atoms with E-state index in [2.05, 4.69) is 30.7 Å². The molecule has 0 unspecified atom stereocenters. The highest BCUT2D eigenvalue weighted by Gasteiger charge is 2.32. The summed E-state index contributed by atoms with van der Waals surface area (Å²) >= 11 is 6.71. The Morgan fingerprint density at radius 3 is 2.29 bits per heavy atom. The van der Waals surface area contributed by atoms with E-state index in [0.29, 0.717) is 80.3 Å². The molecule has 49 heavy (non-hydrogen) atoms. The Kier molecular flexibility index (Phi) is 12.5. The molecule has 1 aromatic heterocycles. The number of ether oxygens (including phenoxy) is 1. The summed E-state index contributed by atoms with van der Waals surface area (Å²) in [5.74, 6) is 1.62. The average Bonchev–Trinajstić information content (AvgIpc) is 3.11. The Bertz CT molecular complexity index is 1580. The standard InChI is InChI=1S/C36H47ClN8O4/c1-4-12-38-33(47)18-27-17-28(19-34(48)39-21-26-8-6-5-7-9-26)24-45(23-27)35-30(37)22-40-36(42-35)41-31-11-10-29(20-32(31)49-3)44-15-13-43(14-16-44)25(2)46/h5-11,20,22,27-28H,4,12-19,21,23-24H2,1-3H3,(H,38,47)(H,39,48)(H,40,41,42)/t27-,28+/m1/s1. The Labute approximate surface area is 293 Å². The van der Waals surface area contributed by atoms with E-state index >= 15 is 0 Å². The highest BCUT2D eigenvalue weighted by Crippen LogP contribution is 2.35. The molecule has 0 aliphatic carbocycles. The number of methoxy groups -OCH3 is 1. The summed E-state index contributed by atoms with van der Waals surface area (Å²) < 4.78 is 5.74. The van der Waals surface area contributed by atoms with Gasteiger partial charge in [-0.25, -0.2) is 4.98 Å². The predicted octanol–water partition coefficient (Wildman–Crippen LogP) is 4.62. The molecule has 0 spiro atoms. The van der Waals surface area contributed by atoms with E-state index in [0.717, 1.165) is 37.2 Å². The molecule has 2 aromatic carbocycles. The van der Waals surface area contributed by atoms with Crippen molar-refractivity contribution in [2.75, 3.05) is 68.0 Å². The third kappa shape index (κ3) is 9.97. The van der Waals surface area contributed by atoms with Crippen molar-refractivity contribution in [3.8, 4) is 5.75 Å². The zero-order chi connectivity index (χ0) is 34.8. The molecule has 262 valence electrons. The molecule has 12 nitrogen and oxygen atoms in total. The number of nitrogens with one attached hydrogen (secondary N) is 3. The minimum atomic E-state index is -0.0303. The molecule has 3 aromatic rings. The normalized spacial score (nSPS) is 17.8. The van der Waals surface area contributed by atoms with Gasteiger partial charge in [-0.05, 0) is 42.4 Å². The molecule has 3 N–H and O–H groups in total. The van der Waals surface area contributed by atoms with Gasteiger partial charge in [-0.1, -0.05) is 48.9 Å². The van der Waals surface area contributed by atoms with Crippen molar-refractivity contribution in [3.05, 3.63) is 65.3 Å². The molecule has 3 amide bonds. The van der Waals surface area contributed by atoms with Gasteiger partial charge in [-0.15, -0.1) is 0 Å². The van der Waals surface area contributed by atoms with Crippen molar-refractivity contribution < 1.29 is 19.1 Å². The molecular weight excluding hydrogens is 644 g/mol. The fraction of sp³-hybridized carbons (Fsp3) is 0.472. The van der Waals surface area contributed by atoms with E-state index in [4.69, 9.17) is 21.3 Å². The van der Waals surface area contributed by atoms with Gasteiger partial charge in [-0.3, -0.25) is 14.4 Å². The molecule has 2 aliphatic heterocycles. The monoisotopic (exact) mass is 690 g/mol. The maximum Gasteiger partial charge on any atom is 0.229 e. The van der Waals surface area contributed by atoms with Crippen LogP contribution in [0.3, 0.4) is 0 Å². The Morgan fingerprint density at radius 2 is 1.63 bits per heavy atom. The quantitative estimate of drug-likeness (QED) is 0.235. The van der Waals surface area contributed by atoms with E-state index in [1.165, 1.54) is 0 Å². The van der Waals surface area contributed by atoms with Crippen LogP contribution in [0.25, 0.3) is 0 Å². The second-order valence-corrected chi connectivity index (χ2v) is 13.2. The number of halogens is 1. The fourth-order valence-corrected chi connectivity index (χ4v) is 6.75. The van der Waals surface area contributed by atoms with Crippen LogP contribution in [-0.4, -0.2) is 85.5 Å². The van der Waals surface area contributed by atoms with E-state index < -0.39 is 0 Å². The van der Waals surface area contributed by atoms with Crippen LogP contribution in [0.2, 0.25) is 5.02 Å². The van der Waals surface area contributed by atoms with Crippen molar-refractivity contribution in [3.63, 3.8) is 0 Å². The molecule has 2 aliphatic rings. The molecule has 0 radical (unpaired) electrons. The number of piperidine rings is 1. The molecule has 2 saturated heterocycles. The number of carbonyl (C=O) groups is 3. The first-order chi connectivity index (χ1) is 23.7. The van der Waals surface area contributed by atoms with Crippen molar-refractivity contribution in [2.45, 2.75) is 46.1 Å². The molecule has 2 fully saturated rings. The number of hydrogen-bond acceptors (Lipinski definition) is 9. The first-order valence-electron chi connectivity index (χ1n) is 17.0. The van der Waals surface area contributed by atoms with Crippen LogP contribution in [0.5, 0.6) is 5.75 Å². The highest BCUT2D eigenvalue weighted by molar-refractivity contribution is 6.32. The summed E-state index contributed by atoms with van der Waals surface area (Å²) in [6, 6.07) is 15.7. The fourth-order valence-electron chi connectivity index (χ4n) is 6.54. The van der Waals surface area contributed by atoms with Gasteiger partial charge in [0.25, 0.3) is 0 Å². The van der Waals surface area contributed by atoms with Gasteiger partial charge in [0.2, 0.25) is 23.7 Å². The lowest BCUT2D eigenvalue weighted by molar-refractivity contribution is -0.129. The SMILES string of the molecule is CCCNC(=O)C[C@H]1C[C@@H](CC(=O)NCc2ccccc2)CN(c2nc(Nc3ccc(N4CCN(C(C)=O)CC4)cc3OC)ncc2Cl)C1. The van der Waals surface area contributed by atoms with Crippen LogP contribution in [0, 0.1) is 11.8 Å². The minimum Gasteiger partial charge on any atom is -0.494 e. The Hall–Kier alpha value is -4.58. The van der Waals surface area contributed by atoms with Gasteiger partial charge in [0, 0.05) is 83.9 Å². The van der Waals surface area contributed by atoms with Crippen LogP contribution in [0.1, 0.15) is 45.1 Å². The second kappa shape index (κ2) is 17.2. The van der Waals surface area contributed by atoms with Crippen LogP contribution >= 0.6 is 11.6 Å². The lowest BCUT2D eigenvalue weighted by atomic mass is 9.85. The van der Waals surface area contributed by atoms with Gasteiger partial charge >= 0.3 is 0 Å². The first kappa shape index (κ1) is 35.7. The van der Waals surface area contributed by atoms with Crippen LogP contribution in [0.15, 0.2) is 54.7 Å². The van der Waals surface area contributed by atoms with E-state index in [1.807, 2.05) is 60.4 Å². The van der Waals surface area contributed by atoms with Crippen LogP contribution in [0.4, 0.5) is 23.1 Å². The predicted molar refractivity (Wildman–Crippen MR) is 192 cm³/mol. The summed E-state index contributed by atoms with van der Waals surface area (Å²) in [5, 5.41) is 9.72. The van der Waals surface area contributed by atoms with Crippen LogP contribution < -0.4 is 30.5 Å². The Balaban J connectivity index is 1.29. The number of rotatable bonds is 13. The minimum absolute atomic E-state index is 0.000825. The number of hydrogen-bond donors (Lipinski definition) is 3. The van der Waals surface area contributed by atoms with E-state index in [1.54, 1.807) is 20.2 Å². The van der Waals surface area contributed by atoms with Crippen molar-refractivity contribution in [2.24, 2.45) is 11.8 Å². The zero-order valence-corrected chi connectivity index (χ0v) is 29.3. The smallest absolute Gasteiger partial charge is 0.229 e. The average molecular weight is 691 g/mol. The maximum atomic E-state index is 13.0. The van der Waals surface area contributed by atoms with Crippen LogP contribution in [-0.2, 0) is 20.9 Å². The number of aromatic nitrogens is 2. The highest BCUT2D eigenvalue weighted by atomic mass is 35.5. The number of nitrogens with zero attached hydrogens (tertiary/aromatic N) is 5. The summed E-state index contributed by atoms with van der Waals surface area (Å²) in [7, 11) is 1.62. The van der Waals surface area contributed by atoms with Crippen molar-refractivity contribution >= 4 is 52.5 Å². The molecule has 3 heterocycles. The number of anilines is 4. The van der Waals surface area contributed by atoms with Gasteiger partial charge < -0.3 is 35.4 Å². The number of piperazine rings is 1. The largest absolute Gasteiger partial charge is 0.494 e. The first-order valence-corrected chi connectivity index (χ1v) is 17.4. The number of carbonyl (C=O) groups excluding carboxylic acids is 3. The van der Waals surface area contributed by atoms with Gasteiger partial charge in [0.15, 0.2) is 5.82 Å². The van der Waals surface area contributed by atoms with Gasteiger partial charge in [0.1, 0.15) is 10.8 Å². The van der Waals surface area contributed by atoms with Gasteiger partial charge in [0.05, 0.1) is 19.0 Å². The second-order valence-electron chi connectivity index (χ2n) is 12.8. The summed E-state index contributed by atoms with van der Waals surface area (Å²) in [6.45, 7) is 8.71. The van der Waals surface area contributed by atoms with Crippen molar-refractivity contribution in [1.29, 1.82) is 0 Å². The van der Waals surface area contributed by atoms with Crippen molar-refractivity contribution in [1.82, 2.24) is 25.5 Å². The number of amides is 3. The molecule has 13 heteroatoms. The van der Waals surface area contributed by atoms with E-state index in [-0.39, 0.29) is 29.6 Å². The zero-order valence-electron chi connectivity index (χ0n) is 28.6. The molecular formula is C36H47ClN8O4. The number of benzene rings is 2. The topological polar surface area (TPSA) is 132 Å². The van der Waals surface area contributed by atoms with Gasteiger partial charge in [-0.2, -0.15) is 4.98 Å². The third-order valence-corrected chi connectivity index (χ3v) is 9.29. The molecule has 0 bridgehead atoms. The van der Waals surface area contributed by atoms with E-state index in [9.17, 15) is 14.4 Å². The lowest BCUT2D eigenvalue weighted by Crippen LogP contribution is -2.48. The summed E-state index contributed by atoms with van der Waals surface area (Å²) in [6.07, 6.45) is 3.87.